The van der Waals surface area contributed by atoms with Gasteiger partial charge in [-0.3, -0.25) is 9.52 Å². The Bertz CT molecular complexity index is 1130. The summed E-state index contributed by atoms with van der Waals surface area (Å²) in [5, 5.41) is 6.38. The molecule has 0 radical (unpaired) electrons. The van der Waals surface area contributed by atoms with E-state index in [-0.39, 0.29) is 18.3 Å². The van der Waals surface area contributed by atoms with Gasteiger partial charge in [0.2, 0.25) is 0 Å². The molecule has 4 rings (SSSR count). The molecule has 3 aliphatic heterocycles. The summed E-state index contributed by atoms with van der Waals surface area (Å²) < 4.78 is 35.3. The molecule has 0 saturated carbocycles. The van der Waals surface area contributed by atoms with Gasteiger partial charge in [0.15, 0.2) is 5.84 Å². The van der Waals surface area contributed by atoms with E-state index < -0.39 is 15.7 Å². The van der Waals surface area contributed by atoms with E-state index in [1.54, 1.807) is 18.2 Å². The fourth-order valence-corrected chi connectivity index (χ4v) is 4.87. The molecule has 0 aliphatic carbocycles. The van der Waals surface area contributed by atoms with Crippen molar-refractivity contribution in [3.05, 3.63) is 47.3 Å². The molecule has 0 atom stereocenters. The van der Waals surface area contributed by atoms with Crippen molar-refractivity contribution in [3.63, 3.8) is 0 Å². The fraction of sp³-hybridized carbons (Fsp3) is 0.455. The molecule has 0 aromatic heterocycles. The van der Waals surface area contributed by atoms with E-state index in [0.29, 0.717) is 29.1 Å². The molecule has 0 unspecified atom stereocenters. The van der Waals surface area contributed by atoms with Gasteiger partial charge in [0.25, 0.3) is 5.91 Å². The highest BCUT2D eigenvalue weighted by atomic mass is 32.2. The van der Waals surface area contributed by atoms with Crippen LogP contribution in [0.5, 0.6) is 5.75 Å². The van der Waals surface area contributed by atoms with Crippen LogP contribution in [0.1, 0.15) is 38.7 Å². The Morgan fingerprint density at radius 3 is 2.79 bits per heavy atom. The Morgan fingerprint density at radius 2 is 2.03 bits per heavy atom. The summed E-state index contributed by atoms with van der Waals surface area (Å²) in [6.07, 6.45) is 7.34. The van der Waals surface area contributed by atoms with Crippen LogP contribution < -0.4 is 25.8 Å². The van der Waals surface area contributed by atoms with E-state index >= 15 is 0 Å². The molecule has 1 fully saturated rings. The number of fused-ring (bicyclic) bond motifs is 1. The van der Waals surface area contributed by atoms with Gasteiger partial charge in [0, 0.05) is 25.2 Å². The molecule has 0 spiro atoms. The van der Waals surface area contributed by atoms with Crippen molar-refractivity contribution in [3.8, 4) is 5.75 Å². The van der Waals surface area contributed by atoms with Crippen LogP contribution in [0.4, 0.5) is 5.69 Å². The van der Waals surface area contributed by atoms with Crippen LogP contribution in [0.2, 0.25) is 0 Å². The molecular weight excluding hydrogens is 444 g/mol. The quantitative estimate of drug-likeness (QED) is 0.486. The van der Waals surface area contributed by atoms with E-state index in [1.807, 2.05) is 26.0 Å². The number of dihydropyridines is 1. The summed E-state index contributed by atoms with van der Waals surface area (Å²) in [4.78, 5) is 15.3. The number of nitrogens with one attached hydrogen (secondary N) is 3. The summed E-state index contributed by atoms with van der Waals surface area (Å²) in [6.45, 7) is 6.46. The Morgan fingerprint density at radius 1 is 1.27 bits per heavy atom. The van der Waals surface area contributed by atoms with Crippen LogP contribution in [-0.2, 0) is 15.0 Å². The summed E-state index contributed by atoms with van der Waals surface area (Å²) in [7, 11) is -3.87. The van der Waals surface area contributed by atoms with Crippen molar-refractivity contribution in [2.24, 2.45) is 10.1 Å². The average Bonchev–Trinajstić information content (AvgIpc) is 2.77. The SMILES string of the molecule is CC(C)(COc1cccc2c1C(N)=NS(=O)(=O)N2)NC(=O)C1=CCNC(N2CCCCC2)=C1. The van der Waals surface area contributed by atoms with E-state index in [1.165, 1.54) is 6.42 Å². The number of anilines is 1. The Hall–Kier alpha value is -3.21. The number of carbonyl (C=O) groups excluding carboxylic acids is 1. The molecule has 3 heterocycles. The number of likely N-dealkylation sites (tertiary alicyclic amines) is 1. The van der Waals surface area contributed by atoms with E-state index in [2.05, 4.69) is 24.7 Å². The zero-order valence-corrected chi connectivity index (χ0v) is 19.7. The highest BCUT2D eigenvalue weighted by Gasteiger charge is 2.28. The highest BCUT2D eigenvalue weighted by Crippen LogP contribution is 2.31. The number of carbonyl (C=O) groups is 1. The lowest BCUT2D eigenvalue weighted by Crippen LogP contribution is -2.49. The van der Waals surface area contributed by atoms with Crippen molar-refractivity contribution in [2.45, 2.75) is 38.6 Å². The standard InChI is InChI=1S/C22H30N6O4S/c1-22(2,14-32-17-8-6-7-16-19(17)20(23)27-33(30,31)26-16)25-21(29)15-9-10-24-18(13-15)28-11-4-3-5-12-28/h6-9,13,24,26H,3-5,10-12,14H2,1-2H3,(H2,23,27)(H,25,29). The predicted octanol–water partition coefficient (Wildman–Crippen LogP) is 1.19. The maximum absolute atomic E-state index is 13.0. The van der Waals surface area contributed by atoms with Crippen LogP contribution in [0.25, 0.3) is 0 Å². The first kappa shape index (κ1) is 23.0. The number of piperidine rings is 1. The minimum absolute atomic E-state index is 0.142. The lowest BCUT2D eigenvalue weighted by molar-refractivity contribution is -0.119. The van der Waals surface area contributed by atoms with Crippen molar-refractivity contribution in [2.75, 3.05) is 31.0 Å². The first-order chi connectivity index (χ1) is 15.6. The smallest absolute Gasteiger partial charge is 0.344 e. The number of amides is 1. The number of nitrogens with two attached hydrogens (primary N) is 1. The third-order valence-corrected chi connectivity index (χ3v) is 6.55. The third kappa shape index (κ3) is 5.41. The zero-order chi connectivity index (χ0) is 23.6. The highest BCUT2D eigenvalue weighted by molar-refractivity contribution is 7.91. The maximum Gasteiger partial charge on any atom is 0.344 e. The molecule has 0 bridgehead atoms. The lowest BCUT2D eigenvalue weighted by atomic mass is 10.0. The fourth-order valence-electron chi connectivity index (χ4n) is 4.03. The van der Waals surface area contributed by atoms with Crippen molar-refractivity contribution >= 4 is 27.6 Å². The number of ether oxygens (including phenoxy) is 1. The third-order valence-electron chi connectivity index (χ3n) is 5.64. The second-order valence-corrected chi connectivity index (χ2v) is 10.3. The zero-order valence-electron chi connectivity index (χ0n) is 18.8. The van der Waals surface area contributed by atoms with Crippen molar-refractivity contribution in [1.82, 2.24) is 15.5 Å². The summed E-state index contributed by atoms with van der Waals surface area (Å²) in [5.74, 6) is 1.05. The Labute approximate surface area is 194 Å². The normalized spacial score (nSPS) is 19.7. The largest absolute Gasteiger partial charge is 0.490 e. The van der Waals surface area contributed by atoms with Crippen LogP contribution >= 0.6 is 0 Å². The summed E-state index contributed by atoms with van der Waals surface area (Å²) in [5.41, 5.74) is 6.47. The van der Waals surface area contributed by atoms with Gasteiger partial charge in [0.05, 0.1) is 16.8 Å². The summed E-state index contributed by atoms with van der Waals surface area (Å²) in [6, 6.07) is 4.93. The Balaban J connectivity index is 1.42. The second-order valence-electron chi connectivity index (χ2n) is 8.98. The van der Waals surface area contributed by atoms with Gasteiger partial charge in [0.1, 0.15) is 18.2 Å². The number of nitrogens with zero attached hydrogens (tertiary/aromatic N) is 2. The first-order valence-corrected chi connectivity index (χ1v) is 12.5. The average molecular weight is 475 g/mol. The molecule has 1 amide bonds. The van der Waals surface area contributed by atoms with Gasteiger partial charge in [-0.1, -0.05) is 12.1 Å². The van der Waals surface area contributed by atoms with Gasteiger partial charge in [-0.15, -0.1) is 4.40 Å². The topological polar surface area (TPSA) is 138 Å². The van der Waals surface area contributed by atoms with E-state index in [0.717, 1.165) is 31.8 Å². The lowest BCUT2D eigenvalue weighted by Gasteiger charge is -2.33. The van der Waals surface area contributed by atoms with Crippen molar-refractivity contribution < 1.29 is 17.9 Å². The molecule has 5 N–H and O–H groups in total. The van der Waals surface area contributed by atoms with Gasteiger partial charge < -0.3 is 26.0 Å². The monoisotopic (exact) mass is 474 g/mol. The van der Waals surface area contributed by atoms with Crippen LogP contribution in [0.3, 0.4) is 0 Å². The van der Waals surface area contributed by atoms with Gasteiger partial charge in [-0.25, -0.2) is 0 Å². The van der Waals surface area contributed by atoms with Gasteiger partial charge in [-0.2, -0.15) is 8.42 Å². The molecule has 33 heavy (non-hydrogen) atoms. The second kappa shape index (κ2) is 8.97. The Kier molecular flexibility index (Phi) is 6.24. The van der Waals surface area contributed by atoms with Crippen LogP contribution in [-0.4, -0.2) is 56.8 Å². The molecule has 1 saturated heterocycles. The maximum atomic E-state index is 13.0. The predicted molar refractivity (Wildman–Crippen MR) is 127 cm³/mol. The molecular formula is C22H30N6O4S. The number of amidine groups is 1. The van der Waals surface area contributed by atoms with E-state index in [9.17, 15) is 13.2 Å². The minimum Gasteiger partial charge on any atom is -0.490 e. The number of benzene rings is 1. The van der Waals surface area contributed by atoms with Crippen LogP contribution in [0, 0.1) is 0 Å². The summed E-state index contributed by atoms with van der Waals surface area (Å²) >= 11 is 0. The minimum atomic E-state index is -3.87. The molecule has 178 valence electrons. The molecule has 11 heteroatoms. The molecule has 3 aliphatic rings. The molecule has 1 aromatic rings. The number of hydrogen-bond donors (Lipinski definition) is 4. The number of hydrogen-bond acceptors (Lipinski definition) is 7. The van der Waals surface area contributed by atoms with Gasteiger partial charge in [-0.05, 0) is 51.3 Å². The van der Waals surface area contributed by atoms with Crippen molar-refractivity contribution in [1.29, 1.82) is 0 Å². The van der Waals surface area contributed by atoms with Gasteiger partial charge >= 0.3 is 10.2 Å². The van der Waals surface area contributed by atoms with Crippen LogP contribution in [0.15, 0.2) is 46.1 Å². The van der Waals surface area contributed by atoms with E-state index in [4.69, 9.17) is 10.5 Å². The molecule has 10 nitrogen and oxygen atoms in total. The first-order valence-electron chi connectivity index (χ1n) is 11.0. The number of rotatable bonds is 6. The molecule has 1 aromatic carbocycles.